The van der Waals surface area contributed by atoms with E-state index in [1.54, 1.807) is 0 Å². The Morgan fingerprint density at radius 3 is 2.25 bits per heavy atom. The van der Waals surface area contributed by atoms with Crippen LogP contribution >= 0.6 is 0 Å². The van der Waals surface area contributed by atoms with Crippen LogP contribution in [0.5, 0.6) is 0 Å². The Morgan fingerprint density at radius 1 is 0.892 bits per heavy atom. The van der Waals surface area contributed by atoms with E-state index < -0.39 is 17.8 Å². The lowest BCUT2D eigenvalue weighted by atomic mass is 9.81. The number of ketones is 1. The number of Topliss-reactive ketones (excluding diaryl/α,β-unsaturated/α-hetero) is 1. The maximum Gasteiger partial charge on any atom is 0.553 e. The van der Waals surface area contributed by atoms with E-state index >= 15 is 0 Å². The van der Waals surface area contributed by atoms with E-state index in [4.69, 9.17) is 9.47 Å². The van der Waals surface area contributed by atoms with Crippen LogP contribution in [0.2, 0.25) is 0 Å². The van der Waals surface area contributed by atoms with Crippen molar-refractivity contribution in [2.75, 3.05) is 13.7 Å². The van der Waals surface area contributed by atoms with Gasteiger partial charge in [0.05, 0.1) is 41.0 Å². The number of nitrogens with zero attached hydrogens (tertiary/aromatic N) is 4. The van der Waals surface area contributed by atoms with Crippen LogP contribution in [0, 0.1) is 49.4 Å². The number of allylic oxidation sites excluding steroid dienone is 4. The first-order chi connectivity index (χ1) is 31.1. The molecule has 1 spiro atoms. The molecule has 9 rings (SSSR count). The number of carbonyl (C=O) groups is 3. The van der Waals surface area contributed by atoms with Gasteiger partial charge in [0, 0.05) is 29.7 Å². The molecule has 0 bridgehead atoms. The number of hydrogen-bond donors (Lipinski definition) is 0. The van der Waals surface area contributed by atoms with Crippen LogP contribution in [0.25, 0.3) is 24.3 Å². The molecule has 65 heavy (non-hydrogen) atoms. The normalized spacial score (nSPS) is 23.8. The maximum atomic E-state index is 14.8. The van der Waals surface area contributed by atoms with Crippen molar-refractivity contribution < 1.29 is 33.0 Å². The first kappa shape index (κ1) is 45.1. The number of hydrogen-bond acceptors (Lipinski definition) is 5. The van der Waals surface area contributed by atoms with Gasteiger partial charge in [-0.25, -0.2) is 0 Å². The maximum absolute atomic E-state index is 14.8. The average molecular weight is 881 g/mol. The predicted octanol–water partition coefficient (Wildman–Crippen LogP) is 9.37. The van der Waals surface area contributed by atoms with Crippen molar-refractivity contribution in [1.29, 1.82) is 0 Å². The summed E-state index contributed by atoms with van der Waals surface area (Å²) in [5, 5.41) is 2.26. The Labute approximate surface area is 386 Å². The molecule has 0 saturated carbocycles. The molecule has 0 aromatic carbocycles. The van der Waals surface area contributed by atoms with Gasteiger partial charge >= 0.3 is 17.8 Å². The molecule has 0 radical (unpaired) electrons. The summed E-state index contributed by atoms with van der Waals surface area (Å²) in [4.78, 5) is 42.5. The van der Waals surface area contributed by atoms with Gasteiger partial charge in [-0.3, -0.25) is 14.4 Å². The SMILES string of the molecule is C=Cc1c(C)c2n3c1C=c1c(C)c(CC)c4n1[C@@]31[N+]3=C(C=4)C(C)=C4C(=O)[C@H](C(=O)OC)C(=C43)C3=[N+]1C(=C2)[C@@H](C)[C@@H]3CCC(=O)OC/C=C(\C)CCC[C@H](C)CCC[C@H](C)CCCC(C)C. The molecule has 0 saturated heterocycles. The highest BCUT2D eigenvalue weighted by molar-refractivity contribution is 6.31. The van der Waals surface area contributed by atoms with Crippen LogP contribution in [0.15, 0.2) is 46.3 Å². The van der Waals surface area contributed by atoms with Gasteiger partial charge in [-0.1, -0.05) is 114 Å². The molecule has 2 aromatic heterocycles. The zero-order chi connectivity index (χ0) is 46.4. The zero-order valence-electron chi connectivity index (χ0n) is 41.1. The molecule has 0 amide bonds. The summed E-state index contributed by atoms with van der Waals surface area (Å²) in [6, 6.07) is 0. The number of rotatable bonds is 20. The quantitative estimate of drug-likeness (QED) is 0.0573. The molecule has 8 heterocycles. The highest BCUT2D eigenvalue weighted by Crippen LogP contribution is 2.57. The third kappa shape index (κ3) is 6.62. The van der Waals surface area contributed by atoms with E-state index in [0.717, 1.165) is 104 Å². The van der Waals surface area contributed by atoms with Crippen LogP contribution in [0.3, 0.4) is 0 Å². The van der Waals surface area contributed by atoms with Crippen molar-refractivity contribution >= 4 is 53.4 Å². The van der Waals surface area contributed by atoms with Crippen molar-refractivity contribution in [3.05, 3.63) is 90.7 Å². The number of aromatic nitrogens is 2. The molecule has 9 nitrogen and oxygen atoms in total. The molecule has 0 N–H and O–H groups in total. The fraction of sp³-hybridized carbons (Fsp3) is 0.554. The second kappa shape index (κ2) is 17.0. The lowest BCUT2D eigenvalue weighted by Crippen LogP contribution is -2.70. The van der Waals surface area contributed by atoms with Crippen LogP contribution in [-0.2, 0) is 36.2 Å². The van der Waals surface area contributed by atoms with Crippen LogP contribution < -0.4 is 10.7 Å². The fourth-order valence-corrected chi connectivity index (χ4v) is 12.9. The second-order valence-corrected chi connectivity index (χ2v) is 20.9. The van der Waals surface area contributed by atoms with Gasteiger partial charge in [0.15, 0.2) is 17.4 Å². The van der Waals surface area contributed by atoms with Crippen LogP contribution in [-0.4, -0.2) is 61.1 Å². The van der Waals surface area contributed by atoms with Gasteiger partial charge in [-0.2, -0.15) is 9.13 Å². The largest absolute Gasteiger partial charge is 0.553 e. The standard InChI is InChI=1S/C56H72N4O5/c1-13-39-35(8)42-28-44-37(10)41(24-25-48(61)65-27-26-34(7)23-17-22-33(6)21-16-20-32(5)19-15-18-31(3)4)52-50-51(55(63)64-12)54(62)49-38(11)45-30-47-40(14-2)36(9)43-29-46(39)57(42)56(58(43)47,59(44)52)60(45)53(49)50/h13,26,28-33,37,41,51H,1,14-25,27H2,2-12H3/q+2/b34-26+/t32-,33-,37+,41+,51-,56+/m1/s1. The fourth-order valence-electron chi connectivity index (χ4n) is 12.9. The minimum atomic E-state index is -1.09. The van der Waals surface area contributed by atoms with Crippen molar-refractivity contribution in [2.24, 2.45) is 35.5 Å². The molecule has 1 aliphatic carbocycles. The Balaban J connectivity index is 0.988. The van der Waals surface area contributed by atoms with Gasteiger partial charge in [0.25, 0.3) is 0 Å². The summed E-state index contributed by atoms with van der Waals surface area (Å²) in [6.07, 6.45) is 23.9. The molecule has 7 aliphatic rings. The predicted molar refractivity (Wildman–Crippen MR) is 259 cm³/mol. The van der Waals surface area contributed by atoms with E-state index in [1.165, 1.54) is 68.8 Å². The number of esters is 2. The molecular formula is C56H72N4O5+2. The summed E-state index contributed by atoms with van der Waals surface area (Å²) < 4.78 is 21.1. The Kier molecular flexibility index (Phi) is 11.8. The second-order valence-electron chi connectivity index (χ2n) is 20.9. The van der Waals surface area contributed by atoms with E-state index in [9.17, 15) is 14.4 Å². The lowest BCUT2D eigenvalue weighted by molar-refractivity contribution is -0.839. The van der Waals surface area contributed by atoms with Crippen LogP contribution in [0.4, 0.5) is 0 Å². The van der Waals surface area contributed by atoms with Gasteiger partial charge in [-0.05, 0) is 100.0 Å². The first-order valence-electron chi connectivity index (χ1n) is 24.9. The highest BCUT2D eigenvalue weighted by atomic mass is 16.5. The highest BCUT2D eigenvalue weighted by Gasteiger charge is 2.78. The lowest BCUT2D eigenvalue weighted by Gasteiger charge is -2.38. The first-order valence-corrected chi connectivity index (χ1v) is 24.9. The molecule has 6 atom stereocenters. The number of carbonyl (C=O) groups excluding carboxylic acids is 3. The third-order valence-corrected chi connectivity index (χ3v) is 16.4. The minimum Gasteiger partial charge on any atom is -0.468 e. The number of ether oxygens (including phenoxy) is 2. The van der Waals surface area contributed by atoms with Crippen molar-refractivity contribution in [2.45, 2.75) is 152 Å². The molecule has 2 aromatic rings. The summed E-state index contributed by atoms with van der Waals surface area (Å²) in [6.45, 7) is 27.1. The molecule has 344 valence electrons. The van der Waals surface area contributed by atoms with Gasteiger partial charge in [0.1, 0.15) is 17.8 Å². The van der Waals surface area contributed by atoms with Gasteiger partial charge < -0.3 is 9.47 Å². The van der Waals surface area contributed by atoms with Gasteiger partial charge in [0.2, 0.25) is 17.1 Å². The Bertz CT molecular complexity index is 2770. The summed E-state index contributed by atoms with van der Waals surface area (Å²) in [5.41, 5.74) is 14.2. The molecule has 9 heteroatoms. The molecular weight excluding hydrogens is 809 g/mol. The summed E-state index contributed by atoms with van der Waals surface area (Å²) >= 11 is 0. The molecule has 6 aliphatic heterocycles. The summed E-state index contributed by atoms with van der Waals surface area (Å²) in [7, 11) is 1.37. The number of methoxy groups -OCH3 is 1. The monoisotopic (exact) mass is 881 g/mol. The van der Waals surface area contributed by atoms with Crippen molar-refractivity contribution in [1.82, 2.24) is 9.13 Å². The summed E-state index contributed by atoms with van der Waals surface area (Å²) in [5.74, 6) is -0.956. The smallest absolute Gasteiger partial charge is 0.468 e. The Hall–Kier alpha value is -5.05. The van der Waals surface area contributed by atoms with Crippen molar-refractivity contribution in [3.63, 3.8) is 0 Å². The van der Waals surface area contributed by atoms with E-state index in [1.807, 2.05) is 13.0 Å². The van der Waals surface area contributed by atoms with E-state index in [-0.39, 0.29) is 36.6 Å². The average Bonchev–Trinajstić information content (AvgIpc) is 4.00. The molecule has 0 unspecified atom stereocenters. The third-order valence-electron chi connectivity index (χ3n) is 16.4. The minimum absolute atomic E-state index is 0.0429. The topological polar surface area (TPSA) is 85.5 Å². The van der Waals surface area contributed by atoms with Crippen LogP contribution in [0.1, 0.15) is 160 Å². The Morgan fingerprint density at radius 2 is 1.58 bits per heavy atom. The van der Waals surface area contributed by atoms with Crippen molar-refractivity contribution in [3.8, 4) is 0 Å². The number of fused-ring (bicyclic) bond motifs is 1. The van der Waals surface area contributed by atoms with E-state index in [0.29, 0.717) is 12.0 Å². The zero-order valence-corrected chi connectivity index (χ0v) is 41.1. The molecule has 0 fully saturated rings. The van der Waals surface area contributed by atoms with E-state index in [2.05, 4.69) is 111 Å². The van der Waals surface area contributed by atoms with Gasteiger partial charge in [-0.15, -0.1) is 0 Å².